The van der Waals surface area contributed by atoms with Crippen LogP contribution in [-0.2, 0) is 4.74 Å². The van der Waals surface area contributed by atoms with Gasteiger partial charge in [0.1, 0.15) is 0 Å². The predicted molar refractivity (Wildman–Crippen MR) is 89.4 cm³/mol. The van der Waals surface area contributed by atoms with Crippen molar-refractivity contribution in [2.24, 2.45) is 0 Å². The topological polar surface area (TPSA) is 59.2 Å². The van der Waals surface area contributed by atoms with E-state index in [1.807, 2.05) is 24.3 Å². The number of H-pyrrole nitrogens is 1. The monoisotopic (exact) mass is 347 g/mol. The summed E-state index contributed by atoms with van der Waals surface area (Å²) in [4.78, 5) is 27.2. The first kappa shape index (κ1) is 15.6. The molecule has 23 heavy (non-hydrogen) atoms. The quantitative estimate of drug-likeness (QED) is 0.557. The third-order valence-corrected chi connectivity index (χ3v) is 4.12. The minimum Gasteiger partial charge on any atom is -0.454 e. The first-order chi connectivity index (χ1) is 11.1. The van der Waals surface area contributed by atoms with Crippen LogP contribution < -0.4 is 0 Å². The molecule has 0 aliphatic carbocycles. The first-order valence-electron chi connectivity index (χ1n) is 6.78. The Bertz CT molecular complexity index is 902. The molecule has 0 aliphatic heterocycles. The zero-order valence-corrected chi connectivity index (χ0v) is 13.3. The molecule has 116 valence electrons. The van der Waals surface area contributed by atoms with Crippen molar-refractivity contribution >= 4 is 45.9 Å². The maximum absolute atomic E-state index is 12.1. The van der Waals surface area contributed by atoms with Crippen molar-refractivity contribution in [3.05, 3.63) is 69.8 Å². The molecule has 0 fully saturated rings. The second-order valence-electron chi connectivity index (χ2n) is 4.88. The fourth-order valence-corrected chi connectivity index (χ4v) is 2.50. The van der Waals surface area contributed by atoms with E-state index in [0.29, 0.717) is 16.1 Å². The van der Waals surface area contributed by atoms with E-state index in [-0.39, 0.29) is 17.4 Å². The molecular weight excluding hydrogens is 337 g/mol. The van der Waals surface area contributed by atoms with E-state index in [4.69, 9.17) is 27.9 Å². The van der Waals surface area contributed by atoms with Gasteiger partial charge in [-0.1, -0.05) is 41.4 Å². The lowest BCUT2D eigenvalue weighted by Gasteiger charge is -2.05. The minimum atomic E-state index is -0.559. The van der Waals surface area contributed by atoms with Crippen LogP contribution in [0.2, 0.25) is 10.0 Å². The molecule has 0 saturated carbocycles. The Morgan fingerprint density at radius 1 is 1.04 bits per heavy atom. The van der Waals surface area contributed by atoms with Gasteiger partial charge in [-0.15, -0.1) is 0 Å². The van der Waals surface area contributed by atoms with Crippen LogP contribution >= 0.6 is 23.2 Å². The number of carbonyl (C=O) groups is 2. The van der Waals surface area contributed by atoms with Crippen LogP contribution in [0.5, 0.6) is 0 Å². The summed E-state index contributed by atoms with van der Waals surface area (Å²) in [5.74, 6) is -0.910. The molecule has 0 spiro atoms. The van der Waals surface area contributed by atoms with E-state index in [9.17, 15) is 9.59 Å². The van der Waals surface area contributed by atoms with Gasteiger partial charge in [-0.25, -0.2) is 4.79 Å². The highest BCUT2D eigenvalue weighted by Crippen LogP contribution is 2.23. The largest absolute Gasteiger partial charge is 0.454 e. The third kappa shape index (κ3) is 3.23. The van der Waals surface area contributed by atoms with Gasteiger partial charge in [0, 0.05) is 22.7 Å². The number of para-hydroxylation sites is 1. The summed E-state index contributed by atoms with van der Waals surface area (Å²) in [5.41, 5.74) is 1.56. The molecule has 0 bridgehead atoms. The number of hydrogen-bond donors (Lipinski definition) is 1. The van der Waals surface area contributed by atoms with Gasteiger partial charge in [0.15, 0.2) is 12.4 Å². The Hall–Kier alpha value is -2.30. The number of fused-ring (bicyclic) bond motifs is 1. The van der Waals surface area contributed by atoms with Crippen LogP contribution in [-0.4, -0.2) is 23.3 Å². The number of benzene rings is 2. The normalized spacial score (nSPS) is 10.7. The molecule has 0 saturated heterocycles. The average molecular weight is 348 g/mol. The van der Waals surface area contributed by atoms with Gasteiger partial charge < -0.3 is 9.72 Å². The van der Waals surface area contributed by atoms with E-state index in [2.05, 4.69) is 4.98 Å². The number of carbonyl (C=O) groups excluding carboxylic acids is 2. The Labute approximate surface area is 142 Å². The van der Waals surface area contributed by atoms with Crippen LogP contribution in [0.25, 0.3) is 10.9 Å². The molecule has 2 aromatic carbocycles. The Morgan fingerprint density at radius 2 is 1.83 bits per heavy atom. The molecule has 0 amide bonds. The van der Waals surface area contributed by atoms with Crippen molar-refractivity contribution in [2.45, 2.75) is 0 Å². The van der Waals surface area contributed by atoms with Crippen LogP contribution in [0, 0.1) is 0 Å². The van der Waals surface area contributed by atoms with Crippen LogP contribution in [0.3, 0.4) is 0 Å². The second kappa shape index (κ2) is 6.44. The highest BCUT2D eigenvalue weighted by atomic mass is 35.5. The summed E-state index contributed by atoms with van der Waals surface area (Å²) in [6.07, 6.45) is 1.57. The van der Waals surface area contributed by atoms with Crippen molar-refractivity contribution in [2.75, 3.05) is 6.61 Å². The molecule has 6 heteroatoms. The first-order valence-corrected chi connectivity index (χ1v) is 7.53. The molecule has 3 aromatic rings. The van der Waals surface area contributed by atoms with Crippen LogP contribution in [0.15, 0.2) is 48.7 Å². The van der Waals surface area contributed by atoms with Gasteiger partial charge >= 0.3 is 5.97 Å². The number of ketones is 1. The number of halogens is 2. The standard InChI is InChI=1S/C17H11Cl2NO3/c18-13-6-5-10(7-14(13)19)16(21)9-23-17(22)12-8-20-15-4-2-1-3-11(12)15/h1-8,20H,9H2. The lowest BCUT2D eigenvalue weighted by atomic mass is 10.1. The van der Waals surface area contributed by atoms with Gasteiger partial charge in [0.05, 0.1) is 15.6 Å². The summed E-state index contributed by atoms with van der Waals surface area (Å²) in [7, 11) is 0. The highest BCUT2D eigenvalue weighted by Gasteiger charge is 2.16. The number of aromatic amines is 1. The molecule has 0 aliphatic rings. The molecule has 0 unspecified atom stereocenters. The maximum Gasteiger partial charge on any atom is 0.340 e. The maximum atomic E-state index is 12.1. The van der Waals surface area contributed by atoms with E-state index in [1.165, 1.54) is 18.2 Å². The zero-order valence-electron chi connectivity index (χ0n) is 11.8. The van der Waals surface area contributed by atoms with Gasteiger partial charge in [-0.3, -0.25) is 4.79 Å². The minimum absolute atomic E-state index is 0.278. The number of Topliss-reactive ketones (excluding diaryl/α,β-unsaturated/α-hetero) is 1. The fraction of sp³-hybridized carbons (Fsp3) is 0.0588. The highest BCUT2D eigenvalue weighted by molar-refractivity contribution is 6.42. The SMILES string of the molecule is O=C(COC(=O)c1c[nH]c2ccccc12)c1ccc(Cl)c(Cl)c1. The molecular formula is C17H11Cl2NO3. The van der Waals surface area contributed by atoms with Crippen molar-refractivity contribution < 1.29 is 14.3 Å². The van der Waals surface area contributed by atoms with Gasteiger partial charge in [0.25, 0.3) is 0 Å². The lowest BCUT2D eigenvalue weighted by Crippen LogP contribution is -2.14. The third-order valence-electron chi connectivity index (χ3n) is 3.39. The van der Waals surface area contributed by atoms with Crippen molar-refractivity contribution in [3.63, 3.8) is 0 Å². The number of aromatic nitrogens is 1. The number of hydrogen-bond acceptors (Lipinski definition) is 3. The zero-order chi connectivity index (χ0) is 16.4. The van der Waals surface area contributed by atoms with Gasteiger partial charge in [-0.2, -0.15) is 0 Å². The summed E-state index contributed by atoms with van der Waals surface area (Å²) < 4.78 is 5.10. The van der Waals surface area contributed by atoms with Crippen LogP contribution in [0.4, 0.5) is 0 Å². The summed E-state index contributed by atoms with van der Waals surface area (Å²) in [6.45, 7) is -0.365. The molecule has 1 heterocycles. The second-order valence-corrected chi connectivity index (χ2v) is 5.69. The molecule has 1 N–H and O–H groups in total. The summed E-state index contributed by atoms with van der Waals surface area (Å²) in [6, 6.07) is 11.9. The molecule has 3 rings (SSSR count). The lowest BCUT2D eigenvalue weighted by molar-refractivity contribution is 0.0477. The Morgan fingerprint density at radius 3 is 2.61 bits per heavy atom. The van der Waals surface area contributed by atoms with Gasteiger partial charge in [0.2, 0.25) is 0 Å². The van der Waals surface area contributed by atoms with Crippen molar-refractivity contribution in [3.8, 4) is 0 Å². The fourth-order valence-electron chi connectivity index (χ4n) is 2.20. The van der Waals surface area contributed by atoms with Crippen molar-refractivity contribution in [1.29, 1.82) is 0 Å². The molecule has 0 radical (unpaired) electrons. The number of nitrogens with one attached hydrogen (secondary N) is 1. The summed E-state index contributed by atoms with van der Waals surface area (Å²) in [5, 5.41) is 1.39. The molecule has 0 atom stereocenters. The van der Waals surface area contributed by atoms with Crippen LogP contribution in [0.1, 0.15) is 20.7 Å². The Balaban J connectivity index is 1.71. The number of rotatable bonds is 4. The Kier molecular flexibility index (Phi) is 4.37. The van der Waals surface area contributed by atoms with Crippen molar-refractivity contribution in [1.82, 2.24) is 4.98 Å². The average Bonchev–Trinajstić information content (AvgIpc) is 2.99. The predicted octanol–water partition coefficient (Wildman–Crippen LogP) is 4.51. The molecule has 1 aromatic heterocycles. The summed E-state index contributed by atoms with van der Waals surface area (Å²) >= 11 is 11.7. The van der Waals surface area contributed by atoms with E-state index in [0.717, 1.165) is 10.9 Å². The molecule has 4 nitrogen and oxygen atoms in total. The van der Waals surface area contributed by atoms with E-state index in [1.54, 1.807) is 6.20 Å². The number of ether oxygens (including phenoxy) is 1. The van der Waals surface area contributed by atoms with E-state index < -0.39 is 5.97 Å². The smallest absolute Gasteiger partial charge is 0.340 e. The van der Waals surface area contributed by atoms with Gasteiger partial charge in [-0.05, 0) is 24.3 Å². The number of esters is 1. The van der Waals surface area contributed by atoms with E-state index >= 15 is 0 Å².